The van der Waals surface area contributed by atoms with Crippen molar-refractivity contribution in [2.75, 3.05) is 35.9 Å². The third-order valence-corrected chi connectivity index (χ3v) is 7.57. The lowest BCUT2D eigenvalue weighted by atomic mass is 10.1. The summed E-state index contributed by atoms with van der Waals surface area (Å²) in [5.41, 5.74) is -4.22. The molecular formula is C24H32F5N5O7S. The Morgan fingerprint density at radius 2 is 1.90 bits per heavy atom. The molecule has 12 nitrogen and oxygen atoms in total. The van der Waals surface area contributed by atoms with E-state index in [9.17, 15) is 40.3 Å². The summed E-state index contributed by atoms with van der Waals surface area (Å²) in [7, 11) is -4.68. The summed E-state index contributed by atoms with van der Waals surface area (Å²) in [6.45, 7) is 2.48. The minimum atomic E-state index is -4.87. The Kier molecular flexibility index (Phi) is 9.53. The Morgan fingerprint density at radius 1 is 1.24 bits per heavy atom. The fourth-order valence-electron chi connectivity index (χ4n) is 3.69. The predicted octanol–water partition coefficient (Wildman–Crippen LogP) is 3.88. The number of carbonyl (C=O) groups is 1. The van der Waals surface area contributed by atoms with Crippen molar-refractivity contribution in [3.63, 3.8) is 0 Å². The number of hydrogen-bond acceptors (Lipinski definition) is 9. The fourth-order valence-corrected chi connectivity index (χ4v) is 5.25. The Balaban J connectivity index is 2.01. The van der Waals surface area contributed by atoms with E-state index in [4.69, 9.17) is 9.47 Å². The van der Waals surface area contributed by atoms with Crippen LogP contribution in [0.1, 0.15) is 41.2 Å². The number of aliphatic hydroxyl groups is 1. The van der Waals surface area contributed by atoms with Gasteiger partial charge in [-0.25, -0.2) is 17.9 Å². The molecule has 0 bridgehead atoms. The average Bonchev–Trinajstić information content (AvgIpc) is 3.27. The Morgan fingerprint density at radius 3 is 2.48 bits per heavy atom. The maximum absolute atomic E-state index is 13.9. The van der Waals surface area contributed by atoms with E-state index < -0.39 is 56.9 Å². The quantitative estimate of drug-likeness (QED) is 0.316. The van der Waals surface area contributed by atoms with Crippen molar-refractivity contribution in [3.8, 4) is 11.6 Å². The topological polar surface area (TPSA) is 144 Å². The van der Waals surface area contributed by atoms with E-state index in [-0.39, 0.29) is 48.0 Å². The van der Waals surface area contributed by atoms with E-state index in [2.05, 4.69) is 20.5 Å². The van der Waals surface area contributed by atoms with Crippen molar-refractivity contribution in [3.05, 3.63) is 24.4 Å². The molecule has 1 aliphatic rings. The second kappa shape index (κ2) is 12.1. The molecule has 18 heteroatoms. The van der Waals surface area contributed by atoms with Crippen LogP contribution in [0.2, 0.25) is 0 Å². The largest absolute Gasteiger partial charge is 0.485 e. The third kappa shape index (κ3) is 7.71. The Bertz CT molecular complexity index is 1380. The number of halogens is 5. The number of hydrogen-bond donors (Lipinski definition) is 3. The lowest BCUT2D eigenvalue weighted by Crippen LogP contribution is -2.49. The summed E-state index contributed by atoms with van der Waals surface area (Å²) < 4.78 is 111. The number of aromatic nitrogens is 2. The molecule has 3 rings (SSSR count). The van der Waals surface area contributed by atoms with Crippen LogP contribution in [-0.4, -0.2) is 79.1 Å². The van der Waals surface area contributed by atoms with Gasteiger partial charge in [0.1, 0.15) is 11.9 Å². The summed E-state index contributed by atoms with van der Waals surface area (Å²) in [4.78, 5) is 11.6. The van der Waals surface area contributed by atoms with Gasteiger partial charge in [0.15, 0.2) is 4.90 Å². The van der Waals surface area contributed by atoms with Crippen LogP contribution < -0.4 is 24.4 Å². The summed E-state index contributed by atoms with van der Waals surface area (Å²) in [5, 5.41) is 18.6. The van der Waals surface area contributed by atoms with Crippen LogP contribution in [-0.2, 0) is 14.8 Å². The number of benzene rings is 1. The molecule has 0 saturated heterocycles. The van der Waals surface area contributed by atoms with Gasteiger partial charge >= 0.3 is 18.8 Å². The van der Waals surface area contributed by atoms with Gasteiger partial charge in [-0.3, -0.25) is 9.62 Å². The molecule has 0 aliphatic carbocycles. The van der Waals surface area contributed by atoms with Gasteiger partial charge < -0.3 is 24.6 Å². The SMILES string of the molecule is CCOc1nn(C(F)F)cc1S(=O)(=O)N1CC(CNCC(C)(C)O)Oc2ccc(NC(=O)OC(C)(C)C(F)(F)F)cc21. The number of anilines is 2. The average molecular weight is 630 g/mol. The van der Waals surface area contributed by atoms with Crippen LogP contribution in [0.25, 0.3) is 0 Å². The molecule has 2 aromatic rings. The molecule has 2 heterocycles. The zero-order valence-corrected chi connectivity index (χ0v) is 24.1. The first-order valence-electron chi connectivity index (χ1n) is 12.6. The minimum Gasteiger partial charge on any atom is -0.485 e. The van der Waals surface area contributed by atoms with E-state index in [0.717, 1.165) is 10.4 Å². The van der Waals surface area contributed by atoms with Crippen LogP contribution in [0.3, 0.4) is 0 Å². The maximum Gasteiger partial charge on any atom is 0.427 e. The smallest absolute Gasteiger partial charge is 0.427 e. The second-order valence-electron chi connectivity index (χ2n) is 10.4. The standard InChI is InChI=1S/C24H32F5N5O7S/c1-6-39-19-18(12-33(32-19)20(25)26)42(37,38)34-11-15(10-30-13-22(2,3)36)40-17-8-7-14(9-16(17)34)31-21(35)41-23(4,5)24(27,28)29/h7-9,12,15,20,30,36H,6,10-11,13H2,1-5H3,(H,31,35). The lowest BCUT2D eigenvalue weighted by molar-refractivity contribution is -0.242. The number of amides is 1. The highest BCUT2D eigenvalue weighted by Gasteiger charge is 2.51. The zero-order chi connectivity index (χ0) is 31.7. The molecule has 1 atom stereocenters. The van der Waals surface area contributed by atoms with Crippen molar-refractivity contribution in [2.24, 2.45) is 0 Å². The molecule has 0 radical (unpaired) electrons. The van der Waals surface area contributed by atoms with Gasteiger partial charge in [-0.1, -0.05) is 0 Å². The van der Waals surface area contributed by atoms with Gasteiger partial charge in [-0.2, -0.15) is 22.0 Å². The highest BCUT2D eigenvalue weighted by Crippen LogP contribution is 2.41. The molecule has 1 aromatic carbocycles. The normalized spacial score (nSPS) is 16.2. The van der Waals surface area contributed by atoms with E-state index >= 15 is 0 Å². The van der Waals surface area contributed by atoms with Gasteiger partial charge in [0, 0.05) is 18.8 Å². The predicted molar refractivity (Wildman–Crippen MR) is 139 cm³/mol. The first-order valence-corrected chi connectivity index (χ1v) is 14.0. The second-order valence-corrected chi connectivity index (χ2v) is 12.2. The van der Waals surface area contributed by atoms with Crippen LogP contribution in [0.5, 0.6) is 11.6 Å². The summed E-state index contributed by atoms with van der Waals surface area (Å²) >= 11 is 0. The molecule has 236 valence electrons. The molecule has 42 heavy (non-hydrogen) atoms. The fraction of sp³-hybridized carbons (Fsp3) is 0.583. The van der Waals surface area contributed by atoms with E-state index in [1.165, 1.54) is 19.1 Å². The van der Waals surface area contributed by atoms with Gasteiger partial charge in [-0.15, -0.1) is 5.10 Å². The molecule has 1 aliphatic heterocycles. The van der Waals surface area contributed by atoms with Crippen LogP contribution in [0.4, 0.5) is 38.1 Å². The van der Waals surface area contributed by atoms with Gasteiger partial charge in [0.25, 0.3) is 15.9 Å². The van der Waals surface area contributed by atoms with Gasteiger partial charge in [0.2, 0.25) is 5.60 Å². The minimum absolute atomic E-state index is 0.00589. The molecule has 0 fully saturated rings. The maximum atomic E-state index is 13.9. The molecule has 0 saturated carbocycles. The Hall–Kier alpha value is -3.38. The molecule has 1 amide bonds. The molecular weight excluding hydrogens is 597 g/mol. The van der Waals surface area contributed by atoms with Crippen molar-refractivity contribution in [2.45, 2.75) is 69.5 Å². The lowest BCUT2D eigenvalue weighted by Gasteiger charge is -2.36. The first kappa shape index (κ1) is 33.1. The summed E-state index contributed by atoms with van der Waals surface area (Å²) in [6, 6.07) is 3.64. The van der Waals surface area contributed by atoms with Crippen molar-refractivity contribution in [1.82, 2.24) is 15.1 Å². The van der Waals surface area contributed by atoms with Crippen molar-refractivity contribution >= 4 is 27.5 Å². The van der Waals surface area contributed by atoms with Crippen LogP contribution in [0, 0.1) is 0 Å². The van der Waals surface area contributed by atoms with Gasteiger partial charge in [-0.05, 0) is 52.8 Å². The zero-order valence-electron chi connectivity index (χ0n) is 23.3. The van der Waals surface area contributed by atoms with Crippen LogP contribution in [0.15, 0.2) is 29.3 Å². The number of fused-ring (bicyclic) bond motifs is 1. The summed E-state index contributed by atoms with van der Waals surface area (Å²) in [6.07, 6.45) is -6.56. The van der Waals surface area contributed by atoms with E-state index in [1.54, 1.807) is 13.8 Å². The highest BCUT2D eigenvalue weighted by atomic mass is 32.2. The number of rotatable bonds is 11. The van der Waals surface area contributed by atoms with Crippen molar-refractivity contribution < 1.29 is 54.5 Å². The number of nitrogens with zero attached hydrogens (tertiary/aromatic N) is 3. The number of alkyl halides is 5. The third-order valence-electron chi connectivity index (χ3n) is 5.81. The number of ether oxygens (including phenoxy) is 3. The number of carbonyl (C=O) groups excluding carboxylic acids is 1. The molecule has 1 aromatic heterocycles. The highest BCUT2D eigenvalue weighted by molar-refractivity contribution is 7.93. The molecule has 1 unspecified atom stereocenters. The molecule has 0 spiro atoms. The van der Waals surface area contributed by atoms with E-state index in [1.807, 2.05) is 0 Å². The van der Waals surface area contributed by atoms with Crippen molar-refractivity contribution in [1.29, 1.82) is 0 Å². The number of sulfonamides is 1. The van der Waals surface area contributed by atoms with E-state index in [0.29, 0.717) is 20.0 Å². The summed E-state index contributed by atoms with van der Waals surface area (Å²) in [5.74, 6) is -0.580. The van der Waals surface area contributed by atoms with Crippen LogP contribution >= 0.6 is 0 Å². The Labute approximate surface area is 238 Å². The molecule has 3 N–H and O–H groups in total. The monoisotopic (exact) mass is 629 g/mol. The first-order chi connectivity index (χ1) is 19.2. The van der Waals surface area contributed by atoms with Gasteiger partial charge in [0.05, 0.1) is 30.6 Å². The number of nitrogens with one attached hydrogen (secondary N) is 2.